The molecule has 1 aromatic heterocycles. The van der Waals surface area contributed by atoms with Gasteiger partial charge in [-0.25, -0.2) is 0 Å². The first kappa shape index (κ1) is 20.2. The lowest BCUT2D eigenvalue weighted by Crippen LogP contribution is -2.31. The van der Waals surface area contributed by atoms with Crippen LogP contribution in [0.15, 0.2) is 24.3 Å². The molecule has 1 heterocycles. The number of amides is 1. The summed E-state index contributed by atoms with van der Waals surface area (Å²) in [5.74, 6) is -0.368. The number of para-hydroxylation sites is 1. The zero-order valence-electron chi connectivity index (χ0n) is 15.2. The van der Waals surface area contributed by atoms with Crippen molar-refractivity contribution in [1.82, 2.24) is 14.7 Å². The molecule has 0 saturated carbocycles. The summed E-state index contributed by atoms with van der Waals surface area (Å²) >= 11 is 0. The van der Waals surface area contributed by atoms with E-state index in [9.17, 15) is 26.4 Å². The lowest BCUT2D eigenvalue weighted by atomic mass is 10.1. The Labute approximate surface area is 160 Å². The Bertz CT molecular complexity index is 1020. The Morgan fingerprint density at radius 3 is 2.64 bits per heavy atom. The van der Waals surface area contributed by atoms with E-state index in [1.165, 1.54) is 30.1 Å². The fourth-order valence-electron chi connectivity index (χ4n) is 3.25. The van der Waals surface area contributed by atoms with Crippen LogP contribution >= 0.6 is 0 Å². The zero-order chi connectivity index (χ0) is 20.7. The zero-order valence-corrected chi connectivity index (χ0v) is 16.1. The number of benzene rings is 1. The number of aryl methyl sites for hydroxylation is 1. The minimum Gasteiger partial charge on any atom is -0.336 e. The highest BCUT2D eigenvalue weighted by Gasteiger charge is 2.46. The van der Waals surface area contributed by atoms with E-state index < -0.39 is 15.5 Å². The normalized spacial score (nSPS) is 14.0. The van der Waals surface area contributed by atoms with Crippen LogP contribution < -0.4 is 4.72 Å². The van der Waals surface area contributed by atoms with E-state index in [1.807, 2.05) is 0 Å². The Balaban J connectivity index is 1.83. The molecule has 0 bridgehead atoms. The molecule has 28 heavy (non-hydrogen) atoms. The number of carbonyl (C=O) groups is 1. The molecule has 0 radical (unpaired) electrons. The van der Waals surface area contributed by atoms with Gasteiger partial charge in [-0.2, -0.15) is 26.7 Å². The summed E-state index contributed by atoms with van der Waals surface area (Å²) in [7, 11) is -2.30. The third-order valence-corrected chi connectivity index (χ3v) is 5.74. The minimum atomic E-state index is -5.56. The van der Waals surface area contributed by atoms with Crippen LogP contribution in [0.3, 0.4) is 0 Å². The van der Waals surface area contributed by atoms with Crippen molar-refractivity contribution in [1.29, 1.82) is 0 Å². The highest BCUT2D eigenvalue weighted by atomic mass is 32.2. The van der Waals surface area contributed by atoms with Gasteiger partial charge in [-0.3, -0.25) is 14.2 Å². The molecule has 1 N–H and O–H groups in total. The van der Waals surface area contributed by atoms with Crippen molar-refractivity contribution >= 4 is 21.6 Å². The SMILES string of the molecule is CN(Cc1ccccc1NS(=O)(=O)C(F)(F)F)C(=O)c1nn(C)c2c1CCC2. The summed E-state index contributed by atoms with van der Waals surface area (Å²) in [5.41, 5.74) is -3.20. The molecule has 1 aromatic carbocycles. The average Bonchev–Trinajstić information content (AvgIpc) is 3.19. The number of sulfonamides is 1. The number of nitrogens with zero attached hydrogens (tertiary/aromatic N) is 3. The van der Waals surface area contributed by atoms with E-state index in [0.717, 1.165) is 30.5 Å². The number of aromatic nitrogens is 2. The molecule has 0 atom stereocenters. The predicted molar refractivity (Wildman–Crippen MR) is 96.1 cm³/mol. The number of carbonyl (C=O) groups excluding carboxylic acids is 1. The summed E-state index contributed by atoms with van der Waals surface area (Å²) in [6, 6.07) is 5.64. The van der Waals surface area contributed by atoms with E-state index in [0.29, 0.717) is 5.69 Å². The Hall–Kier alpha value is -2.56. The Kier molecular flexibility index (Phi) is 5.13. The molecule has 1 aliphatic rings. The van der Waals surface area contributed by atoms with Gasteiger partial charge in [0.25, 0.3) is 5.91 Å². The summed E-state index contributed by atoms with van der Waals surface area (Å²) in [4.78, 5) is 14.1. The second kappa shape index (κ2) is 7.12. The minimum absolute atomic E-state index is 0.0826. The molecule has 0 spiro atoms. The Morgan fingerprint density at radius 1 is 1.29 bits per heavy atom. The lowest BCUT2D eigenvalue weighted by molar-refractivity contribution is -0.0429. The highest BCUT2D eigenvalue weighted by Crippen LogP contribution is 2.28. The number of alkyl halides is 3. The number of nitrogens with one attached hydrogen (secondary N) is 1. The standard InChI is InChI=1S/C17H19F3N4O3S/c1-23(16(25)15-12-7-5-9-14(12)24(2)21-15)10-11-6-3-4-8-13(11)22-28(26,27)17(18,19)20/h3-4,6,8,22H,5,7,9-10H2,1-2H3. The molecular formula is C17H19F3N4O3S. The van der Waals surface area contributed by atoms with Crippen molar-refractivity contribution in [3.63, 3.8) is 0 Å². The van der Waals surface area contributed by atoms with Crippen LogP contribution in [0.2, 0.25) is 0 Å². The largest absolute Gasteiger partial charge is 0.516 e. The predicted octanol–water partition coefficient (Wildman–Crippen LogP) is 2.44. The van der Waals surface area contributed by atoms with Gasteiger partial charge in [-0.1, -0.05) is 18.2 Å². The van der Waals surface area contributed by atoms with E-state index in [4.69, 9.17) is 0 Å². The molecular weight excluding hydrogens is 397 g/mol. The smallest absolute Gasteiger partial charge is 0.336 e. The molecule has 0 fully saturated rings. The van der Waals surface area contributed by atoms with Crippen LogP contribution in [0.1, 0.15) is 33.7 Å². The van der Waals surface area contributed by atoms with Crippen molar-refractivity contribution < 1.29 is 26.4 Å². The van der Waals surface area contributed by atoms with E-state index in [-0.39, 0.29) is 23.7 Å². The van der Waals surface area contributed by atoms with Crippen LogP contribution in [-0.2, 0) is 36.5 Å². The number of rotatable bonds is 5. The summed E-state index contributed by atoms with van der Waals surface area (Å²) in [5, 5.41) is 4.27. The van der Waals surface area contributed by atoms with Gasteiger partial charge in [0.05, 0.1) is 5.69 Å². The monoisotopic (exact) mass is 416 g/mol. The molecule has 2 aromatic rings. The third-order valence-electron chi connectivity index (χ3n) is 4.64. The van der Waals surface area contributed by atoms with Gasteiger partial charge in [0, 0.05) is 31.9 Å². The van der Waals surface area contributed by atoms with Gasteiger partial charge in [0.15, 0.2) is 5.69 Å². The van der Waals surface area contributed by atoms with Crippen molar-refractivity contribution in [3.8, 4) is 0 Å². The van der Waals surface area contributed by atoms with Crippen LogP contribution in [0.5, 0.6) is 0 Å². The molecule has 0 saturated heterocycles. The third kappa shape index (κ3) is 3.71. The van der Waals surface area contributed by atoms with Gasteiger partial charge < -0.3 is 4.90 Å². The van der Waals surface area contributed by atoms with Crippen LogP contribution in [0.4, 0.5) is 18.9 Å². The molecule has 1 aliphatic carbocycles. The Morgan fingerprint density at radius 2 is 1.96 bits per heavy atom. The number of hydrogen-bond acceptors (Lipinski definition) is 4. The van der Waals surface area contributed by atoms with E-state index >= 15 is 0 Å². The average molecular weight is 416 g/mol. The van der Waals surface area contributed by atoms with E-state index in [2.05, 4.69) is 5.10 Å². The topological polar surface area (TPSA) is 84.3 Å². The fourth-order valence-corrected chi connectivity index (χ4v) is 3.86. The molecule has 0 aliphatic heterocycles. The first-order valence-corrected chi connectivity index (χ1v) is 9.97. The molecule has 11 heteroatoms. The molecule has 3 rings (SSSR count). The van der Waals surface area contributed by atoms with Crippen molar-refractivity contribution in [2.45, 2.75) is 31.3 Å². The van der Waals surface area contributed by atoms with Crippen molar-refractivity contribution in [3.05, 3.63) is 46.8 Å². The summed E-state index contributed by atoms with van der Waals surface area (Å²) < 4.78 is 64.1. The maximum absolute atomic E-state index is 12.8. The maximum Gasteiger partial charge on any atom is 0.516 e. The second-order valence-corrected chi connectivity index (χ2v) is 8.29. The number of anilines is 1. The first-order valence-electron chi connectivity index (χ1n) is 8.48. The van der Waals surface area contributed by atoms with Gasteiger partial charge in [0.2, 0.25) is 0 Å². The van der Waals surface area contributed by atoms with Crippen molar-refractivity contribution in [2.24, 2.45) is 7.05 Å². The number of fused-ring (bicyclic) bond motifs is 1. The van der Waals surface area contributed by atoms with Crippen LogP contribution in [0, 0.1) is 0 Å². The van der Waals surface area contributed by atoms with Crippen molar-refractivity contribution in [2.75, 3.05) is 11.8 Å². The molecule has 1 amide bonds. The quantitative estimate of drug-likeness (QED) is 0.812. The molecule has 152 valence electrons. The van der Waals surface area contributed by atoms with Gasteiger partial charge in [-0.15, -0.1) is 0 Å². The summed E-state index contributed by atoms with van der Waals surface area (Å²) in [6.45, 7) is -0.0826. The van der Waals surface area contributed by atoms with E-state index in [1.54, 1.807) is 22.5 Å². The van der Waals surface area contributed by atoms with Crippen LogP contribution in [0.25, 0.3) is 0 Å². The number of hydrogen-bond donors (Lipinski definition) is 1. The number of halogens is 3. The van der Waals surface area contributed by atoms with Gasteiger partial charge >= 0.3 is 15.5 Å². The second-order valence-electron chi connectivity index (χ2n) is 6.62. The lowest BCUT2D eigenvalue weighted by Gasteiger charge is -2.20. The first-order chi connectivity index (χ1) is 13.0. The molecule has 7 nitrogen and oxygen atoms in total. The maximum atomic E-state index is 12.8. The highest BCUT2D eigenvalue weighted by molar-refractivity contribution is 7.93. The van der Waals surface area contributed by atoms with Gasteiger partial charge in [-0.05, 0) is 30.9 Å². The van der Waals surface area contributed by atoms with Crippen LogP contribution in [-0.4, -0.2) is 41.6 Å². The fraction of sp³-hybridized carbons (Fsp3) is 0.412. The molecule has 0 unspecified atom stereocenters. The van der Waals surface area contributed by atoms with Gasteiger partial charge in [0.1, 0.15) is 0 Å². The summed E-state index contributed by atoms with van der Waals surface area (Å²) in [6.07, 6.45) is 2.53.